The normalized spacial score (nSPS) is 11.3. The van der Waals surface area contributed by atoms with Crippen molar-refractivity contribution in [3.8, 4) is 40.0 Å². The lowest BCUT2D eigenvalue weighted by molar-refractivity contribution is 0.415. The van der Waals surface area contributed by atoms with Gasteiger partial charge in [-0.3, -0.25) is 0 Å². The van der Waals surface area contributed by atoms with E-state index in [9.17, 15) is 0 Å². The third kappa shape index (κ3) is 5.96. The third-order valence-corrected chi connectivity index (χ3v) is 7.19. The zero-order valence-electron chi connectivity index (χ0n) is 23.0. The molecule has 5 aromatic rings. The van der Waals surface area contributed by atoms with Gasteiger partial charge in [-0.25, -0.2) is 15.0 Å². The minimum atomic E-state index is 0.784. The lowest BCUT2D eigenvalue weighted by atomic mass is 10.1. The molecular formula is C31H37N7O. The first kappa shape index (κ1) is 26.4. The number of unbranched alkanes of at least 4 members (excludes halogenated alkanes) is 2. The summed E-state index contributed by atoms with van der Waals surface area (Å²) in [6.07, 6.45) is 12.1. The zero-order chi connectivity index (χ0) is 27.0. The summed E-state index contributed by atoms with van der Waals surface area (Å²) in [6, 6.07) is 18.7. The maximum atomic E-state index is 5.33. The average molecular weight is 524 g/mol. The van der Waals surface area contributed by atoms with Gasteiger partial charge < -0.3 is 23.8 Å². The fourth-order valence-electron chi connectivity index (χ4n) is 4.99. The first-order valence-corrected chi connectivity index (χ1v) is 13.6. The Morgan fingerprint density at radius 2 is 1.56 bits per heavy atom. The fraction of sp³-hybridized carbons (Fsp3) is 0.323. The number of hydrogen-bond acceptors (Lipinski definition) is 5. The number of nitrogens with one attached hydrogen (secondary N) is 1. The van der Waals surface area contributed by atoms with Crippen LogP contribution in [-0.4, -0.2) is 49.4 Å². The summed E-state index contributed by atoms with van der Waals surface area (Å²) in [5.74, 6) is 2.64. The Hall–Kier alpha value is -4.17. The predicted molar refractivity (Wildman–Crippen MR) is 156 cm³/mol. The number of hydrogen-bond donors (Lipinski definition) is 1. The number of rotatable bonds is 13. The van der Waals surface area contributed by atoms with Crippen molar-refractivity contribution in [1.82, 2.24) is 34.0 Å². The molecule has 8 heteroatoms. The highest BCUT2D eigenvalue weighted by Crippen LogP contribution is 2.30. The smallest absolute Gasteiger partial charge is 0.158 e. The molecule has 0 amide bonds. The van der Waals surface area contributed by atoms with E-state index in [4.69, 9.17) is 14.7 Å². The second-order valence-electron chi connectivity index (χ2n) is 9.75. The topological polar surface area (TPSA) is 74.7 Å². The molecule has 0 atom stereocenters. The van der Waals surface area contributed by atoms with Crippen LogP contribution in [0.4, 0.5) is 0 Å². The zero-order valence-corrected chi connectivity index (χ0v) is 23.0. The maximum Gasteiger partial charge on any atom is 0.158 e. The van der Waals surface area contributed by atoms with Crippen LogP contribution in [0.3, 0.4) is 0 Å². The molecule has 0 spiro atoms. The molecule has 0 bridgehead atoms. The standard InChI is InChI=1S/C31H37N7O/c1-32-17-8-5-9-18-37-23-33-20-28(37)31-35-22-29(38(31)19-16-24-10-6-4-7-11-24)30-34-21-27(36(30)2)25-12-14-26(39-3)15-13-25/h4,6-7,10-15,20-23,32H,5,8-9,16-19H2,1-3H3. The lowest BCUT2D eigenvalue weighted by Crippen LogP contribution is -2.10. The molecular weight excluding hydrogens is 486 g/mol. The van der Waals surface area contributed by atoms with Crippen molar-refractivity contribution in [3.05, 3.63) is 85.1 Å². The van der Waals surface area contributed by atoms with E-state index in [0.29, 0.717) is 0 Å². The van der Waals surface area contributed by atoms with Gasteiger partial charge in [0.2, 0.25) is 0 Å². The Kier molecular flexibility index (Phi) is 8.53. The van der Waals surface area contributed by atoms with Gasteiger partial charge in [0.15, 0.2) is 11.6 Å². The average Bonchev–Trinajstić information content (AvgIpc) is 3.70. The second-order valence-corrected chi connectivity index (χ2v) is 9.75. The van der Waals surface area contributed by atoms with Crippen LogP contribution >= 0.6 is 0 Å². The van der Waals surface area contributed by atoms with Crippen molar-refractivity contribution < 1.29 is 4.74 Å². The van der Waals surface area contributed by atoms with E-state index in [0.717, 1.165) is 72.5 Å². The maximum absolute atomic E-state index is 5.33. The van der Waals surface area contributed by atoms with E-state index in [1.165, 1.54) is 18.4 Å². The molecule has 0 unspecified atom stereocenters. The van der Waals surface area contributed by atoms with E-state index >= 15 is 0 Å². The van der Waals surface area contributed by atoms with E-state index in [1.54, 1.807) is 7.11 Å². The van der Waals surface area contributed by atoms with Crippen molar-refractivity contribution in [1.29, 1.82) is 0 Å². The van der Waals surface area contributed by atoms with Crippen LogP contribution < -0.4 is 10.1 Å². The fourth-order valence-corrected chi connectivity index (χ4v) is 4.99. The van der Waals surface area contributed by atoms with Gasteiger partial charge in [-0.15, -0.1) is 0 Å². The summed E-state index contributed by atoms with van der Waals surface area (Å²) in [4.78, 5) is 14.3. The number of ether oxygens (including phenoxy) is 1. The first-order valence-electron chi connectivity index (χ1n) is 13.6. The summed E-state index contributed by atoms with van der Waals surface area (Å²) >= 11 is 0. The molecule has 8 nitrogen and oxygen atoms in total. The van der Waals surface area contributed by atoms with Crippen molar-refractivity contribution in [2.75, 3.05) is 20.7 Å². The SMILES string of the molecule is CNCCCCCn1cncc1-c1ncc(-c2ncc(-c3ccc(OC)cc3)n2C)n1CCc1ccccc1. The van der Waals surface area contributed by atoms with Gasteiger partial charge in [-0.2, -0.15) is 0 Å². The van der Waals surface area contributed by atoms with E-state index in [2.05, 4.69) is 73.5 Å². The number of aryl methyl sites for hydroxylation is 2. The van der Waals surface area contributed by atoms with Crippen LogP contribution in [0.1, 0.15) is 24.8 Å². The first-order chi connectivity index (χ1) is 19.2. The molecule has 0 saturated heterocycles. The minimum Gasteiger partial charge on any atom is -0.497 e. The van der Waals surface area contributed by atoms with E-state index in [-0.39, 0.29) is 0 Å². The van der Waals surface area contributed by atoms with Gasteiger partial charge in [-0.05, 0) is 62.7 Å². The number of benzene rings is 2. The van der Waals surface area contributed by atoms with Crippen LogP contribution in [0.15, 0.2) is 79.5 Å². The molecule has 0 aliphatic carbocycles. The highest BCUT2D eigenvalue weighted by Gasteiger charge is 2.20. The van der Waals surface area contributed by atoms with Gasteiger partial charge in [0.1, 0.15) is 17.1 Å². The summed E-state index contributed by atoms with van der Waals surface area (Å²) in [6.45, 7) is 2.75. The van der Waals surface area contributed by atoms with Crippen LogP contribution in [0.25, 0.3) is 34.3 Å². The summed E-state index contributed by atoms with van der Waals surface area (Å²) in [5, 5.41) is 3.23. The van der Waals surface area contributed by atoms with Gasteiger partial charge >= 0.3 is 0 Å². The molecule has 0 aliphatic rings. The number of aromatic nitrogens is 6. The Balaban J connectivity index is 1.48. The van der Waals surface area contributed by atoms with Crippen molar-refractivity contribution in [3.63, 3.8) is 0 Å². The predicted octanol–water partition coefficient (Wildman–Crippen LogP) is 5.46. The highest BCUT2D eigenvalue weighted by atomic mass is 16.5. The largest absolute Gasteiger partial charge is 0.497 e. The number of nitrogens with zero attached hydrogens (tertiary/aromatic N) is 6. The van der Waals surface area contributed by atoms with Gasteiger partial charge in [0.05, 0.1) is 37.7 Å². The Morgan fingerprint density at radius 1 is 0.795 bits per heavy atom. The summed E-state index contributed by atoms with van der Waals surface area (Å²) in [5.41, 5.74) is 5.44. The lowest BCUT2D eigenvalue weighted by Gasteiger charge is -2.14. The molecule has 0 aliphatic heterocycles. The van der Waals surface area contributed by atoms with Gasteiger partial charge in [0.25, 0.3) is 0 Å². The number of methoxy groups -OCH3 is 1. The highest BCUT2D eigenvalue weighted by molar-refractivity contribution is 5.66. The van der Waals surface area contributed by atoms with Crippen molar-refractivity contribution in [2.45, 2.75) is 38.8 Å². The minimum absolute atomic E-state index is 0.784. The van der Waals surface area contributed by atoms with Crippen LogP contribution in [0, 0.1) is 0 Å². The Morgan fingerprint density at radius 3 is 2.33 bits per heavy atom. The summed E-state index contributed by atoms with van der Waals surface area (Å²) in [7, 11) is 5.75. The Labute approximate surface area is 230 Å². The molecule has 3 heterocycles. The molecule has 39 heavy (non-hydrogen) atoms. The van der Waals surface area contributed by atoms with E-state index < -0.39 is 0 Å². The van der Waals surface area contributed by atoms with Crippen LogP contribution in [0.5, 0.6) is 5.75 Å². The van der Waals surface area contributed by atoms with Crippen LogP contribution in [-0.2, 0) is 26.6 Å². The number of imidazole rings is 3. The molecule has 5 rings (SSSR count). The molecule has 0 saturated carbocycles. The molecule has 0 fully saturated rings. The third-order valence-electron chi connectivity index (χ3n) is 7.19. The van der Waals surface area contributed by atoms with Crippen molar-refractivity contribution >= 4 is 0 Å². The van der Waals surface area contributed by atoms with Crippen molar-refractivity contribution in [2.24, 2.45) is 7.05 Å². The van der Waals surface area contributed by atoms with Crippen LogP contribution in [0.2, 0.25) is 0 Å². The quantitative estimate of drug-likeness (QED) is 0.208. The van der Waals surface area contributed by atoms with E-state index in [1.807, 2.05) is 44.1 Å². The Bertz CT molecular complexity index is 1460. The molecule has 0 radical (unpaired) electrons. The second kappa shape index (κ2) is 12.6. The molecule has 202 valence electrons. The molecule has 1 N–H and O–H groups in total. The monoisotopic (exact) mass is 523 g/mol. The summed E-state index contributed by atoms with van der Waals surface area (Å²) < 4.78 is 12.0. The molecule has 3 aromatic heterocycles. The molecule has 2 aromatic carbocycles. The van der Waals surface area contributed by atoms with Gasteiger partial charge in [-0.1, -0.05) is 36.8 Å². The van der Waals surface area contributed by atoms with Gasteiger partial charge in [0, 0.05) is 25.7 Å².